The number of halogens is 2. The summed E-state index contributed by atoms with van der Waals surface area (Å²) in [6, 6.07) is 15.8. The van der Waals surface area contributed by atoms with Crippen LogP contribution in [0.2, 0.25) is 0 Å². The summed E-state index contributed by atoms with van der Waals surface area (Å²) in [4.78, 5) is 12.1. The molecule has 1 N–H and O–H groups in total. The van der Waals surface area contributed by atoms with Crippen molar-refractivity contribution in [2.45, 2.75) is 19.8 Å². The van der Waals surface area contributed by atoms with Crippen LogP contribution in [0.5, 0.6) is 23.0 Å². The van der Waals surface area contributed by atoms with Crippen LogP contribution in [0.15, 0.2) is 59.1 Å². The van der Waals surface area contributed by atoms with Crippen LogP contribution in [-0.2, 0) is 11.2 Å². The third kappa shape index (κ3) is 5.35. The lowest BCUT2D eigenvalue weighted by Gasteiger charge is -2.19. The van der Waals surface area contributed by atoms with Gasteiger partial charge in [0.15, 0.2) is 5.75 Å². The lowest BCUT2D eigenvalue weighted by molar-refractivity contribution is -0.115. The fraction of sp³-hybridized carbons (Fsp3) is 0.208. The van der Waals surface area contributed by atoms with Crippen molar-refractivity contribution in [3.63, 3.8) is 0 Å². The fourth-order valence-electron chi connectivity index (χ4n) is 3.08. The van der Waals surface area contributed by atoms with Crippen LogP contribution in [0, 0.1) is 5.82 Å². The van der Waals surface area contributed by atoms with Gasteiger partial charge >= 0.3 is 0 Å². The number of carbonyl (C=O) groups excluding carboxylic acids is 1. The van der Waals surface area contributed by atoms with Gasteiger partial charge < -0.3 is 19.5 Å². The molecule has 0 aliphatic rings. The highest BCUT2D eigenvalue weighted by atomic mass is 79.9. The Hall–Kier alpha value is -3.06. The molecule has 3 aromatic rings. The van der Waals surface area contributed by atoms with Crippen LogP contribution in [0.1, 0.15) is 24.5 Å². The molecule has 3 rings (SSSR count). The summed E-state index contributed by atoms with van der Waals surface area (Å²) in [5, 5.41) is 2.75. The number of hydrogen-bond acceptors (Lipinski definition) is 4. The summed E-state index contributed by atoms with van der Waals surface area (Å²) >= 11 is 3.36. The molecule has 0 saturated carbocycles. The summed E-state index contributed by atoms with van der Waals surface area (Å²) in [7, 11) is 3.15. The molecule has 0 radical (unpaired) electrons. The third-order valence-corrected chi connectivity index (χ3v) is 5.53. The van der Waals surface area contributed by atoms with Crippen LogP contribution in [-0.4, -0.2) is 20.1 Å². The van der Waals surface area contributed by atoms with Gasteiger partial charge in [-0.3, -0.25) is 4.79 Å². The topological polar surface area (TPSA) is 56.8 Å². The fourth-order valence-corrected chi connectivity index (χ4v) is 3.52. The minimum Gasteiger partial charge on any atom is -0.497 e. The van der Waals surface area contributed by atoms with E-state index >= 15 is 0 Å². The van der Waals surface area contributed by atoms with Gasteiger partial charge in [0.05, 0.1) is 24.4 Å². The molecule has 0 aliphatic heterocycles. The molecule has 0 fully saturated rings. The van der Waals surface area contributed by atoms with Gasteiger partial charge in [0.2, 0.25) is 5.91 Å². The van der Waals surface area contributed by atoms with E-state index in [4.69, 9.17) is 14.2 Å². The molecule has 0 unspecified atom stereocenters. The molecule has 0 bridgehead atoms. The molecule has 3 aromatic carbocycles. The van der Waals surface area contributed by atoms with Crippen LogP contribution in [0.4, 0.5) is 10.1 Å². The molecule has 0 saturated heterocycles. The van der Waals surface area contributed by atoms with Gasteiger partial charge in [-0.25, -0.2) is 4.39 Å². The second-order valence-corrected chi connectivity index (χ2v) is 7.49. The van der Waals surface area contributed by atoms with Crippen molar-refractivity contribution in [1.29, 1.82) is 0 Å². The number of benzene rings is 3. The van der Waals surface area contributed by atoms with Crippen molar-refractivity contribution in [3.8, 4) is 23.0 Å². The highest BCUT2D eigenvalue weighted by molar-refractivity contribution is 9.10. The number of ether oxygens (including phenoxy) is 3. The molecule has 7 heteroatoms. The summed E-state index contributed by atoms with van der Waals surface area (Å²) in [6.07, 6.45) is 0.525. The van der Waals surface area contributed by atoms with E-state index in [-0.39, 0.29) is 28.9 Å². The van der Waals surface area contributed by atoms with Crippen LogP contribution in [0.25, 0.3) is 0 Å². The van der Waals surface area contributed by atoms with Crippen molar-refractivity contribution >= 4 is 27.5 Å². The van der Waals surface area contributed by atoms with Crippen molar-refractivity contribution in [2.24, 2.45) is 0 Å². The predicted molar refractivity (Wildman–Crippen MR) is 122 cm³/mol. The highest BCUT2D eigenvalue weighted by Crippen LogP contribution is 2.42. The summed E-state index contributed by atoms with van der Waals surface area (Å²) < 4.78 is 32.0. The Labute approximate surface area is 189 Å². The predicted octanol–water partition coefficient (Wildman–Crippen LogP) is 6.34. The van der Waals surface area contributed by atoms with E-state index in [0.717, 1.165) is 5.56 Å². The van der Waals surface area contributed by atoms with E-state index in [1.54, 1.807) is 45.4 Å². The number of carbonyl (C=O) groups is 1. The molecule has 0 spiro atoms. The molecule has 31 heavy (non-hydrogen) atoms. The molecular formula is C24H23BrFNO4. The quantitative estimate of drug-likeness (QED) is 0.402. The van der Waals surface area contributed by atoms with Gasteiger partial charge in [-0.15, -0.1) is 0 Å². The van der Waals surface area contributed by atoms with E-state index in [1.165, 1.54) is 6.07 Å². The number of anilines is 1. The molecule has 5 nitrogen and oxygen atoms in total. The Kier molecular flexibility index (Phi) is 7.52. The first-order chi connectivity index (χ1) is 15.0. The van der Waals surface area contributed by atoms with Crippen LogP contribution >= 0.6 is 15.9 Å². The molecule has 0 aromatic heterocycles. The maximum Gasteiger partial charge on any atom is 0.224 e. The van der Waals surface area contributed by atoms with Crippen molar-refractivity contribution < 1.29 is 23.4 Å². The molecule has 0 aliphatic carbocycles. The largest absolute Gasteiger partial charge is 0.497 e. The standard InChI is InChI=1S/C24H23BrFNO4/c1-4-22(28)27-20-14-19(26)23(25)18(24(20)31-16-8-6-5-7-9-16)13-15-12-17(29-2)10-11-21(15)30-3/h5-12,14H,4,13H2,1-3H3,(H,27,28). The Bertz CT molecular complexity index is 1070. The summed E-state index contributed by atoms with van der Waals surface area (Å²) in [5.41, 5.74) is 1.56. The van der Waals surface area contributed by atoms with Gasteiger partial charge in [-0.05, 0) is 46.3 Å². The first-order valence-corrected chi connectivity index (χ1v) is 10.5. The normalized spacial score (nSPS) is 10.5. The van der Waals surface area contributed by atoms with Crippen molar-refractivity contribution in [2.75, 3.05) is 19.5 Å². The molecule has 1 amide bonds. The third-order valence-electron chi connectivity index (χ3n) is 4.68. The SMILES string of the molecule is CCC(=O)Nc1cc(F)c(Br)c(Cc2cc(OC)ccc2OC)c1Oc1ccccc1. The van der Waals surface area contributed by atoms with E-state index < -0.39 is 5.82 Å². The van der Waals surface area contributed by atoms with Crippen LogP contribution in [0.3, 0.4) is 0 Å². The summed E-state index contributed by atoms with van der Waals surface area (Å²) in [6.45, 7) is 1.73. The number of amides is 1. The zero-order valence-electron chi connectivity index (χ0n) is 17.5. The minimum atomic E-state index is -0.510. The monoisotopic (exact) mass is 487 g/mol. The minimum absolute atomic E-state index is 0.246. The van der Waals surface area contributed by atoms with E-state index in [2.05, 4.69) is 21.2 Å². The lowest BCUT2D eigenvalue weighted by atomic mass is 10.0. The zero-order valence-corrected chi connectivity index (χ0v) is 19.1. The van der Waals surface area contributed by atoms with Gasteiger partial charge in [0, 0.05) is 30.0 Å². The smallest absolute Gasteiger partial charge is 0.224 e. The van der Waals surface area contributed by atoms with Crippen molar-refractivity contribution in [3.05, 3.63) is 76.0 Å². The van der Waals surface area contributed by atoms with Gasteiger partial charge in [-0.2, -0.15) is 0 Å². The van der Waals surface area contributed by atoms with E-state index in [0.29, 0.717) is 28.6 Å². The number of hydrogen-bond donors (Lipinski definition) is 1. The molecule has 0 atom stereocenters. The lowest BCUT2D eigenvalue weighted by Crippen LogP contribution is -2.12. The molecule has 0 heterocycles. The Balaban J connectivity index is 2.16. The maximum absolute atomic E-state index is 14.8. The van der Waals surface area contributed by atoms with Gasteiger partial charge in [0.25, 0.3) is 0 Å². The van der Waals surface area contributed by atoms with Crippen molar-refractivity contribution in [1.82, 2.24) is 0 Å². The molecular weight excluding hydrogens is 465 g/mol. The van der Waals surface area contributed by atoms with Gasteiger partial charge in [0.1, 0.15) is 23.1 Å². The Morgan fingerprint density at radius 2 is 1.77 bits per heavy atom. The average molecular weight is 488 g/mol. The van der Waals surface area contributed by atoms with Gasteiger partial charge in [-0.1, -0.05) is 25.1 Å². The van der Waals surface area contributed by atoms with Crippen LogP contribution < -0.4 is 19.5 Å². The maximum atomic E-state index is 14.8. The zero-order chi connectivity index (χ0) is 22.4. The Morgan fingerprint density at radius 1 is 1.03 bits per heavy atom. The number of nitrogens with one attached hydrogen (secondary N) is 1. The summed E-state index contributed by atoms with van der Waals surface area (Å²) in [5.74, 6) is 1.43. The Morgan fingerprint density at radius 3 is 2.42 bits per heavy atom. The average Bonchev–Trinajstić information content (AvgIpc) is 2.79. The van der Waals surface area contributed by atoms with E-state index in [9.17, 15) is 9.18 Å². The second-order valence-electron chi connectivity index (χ2n) is 6.70. The first-order valence-electron chi connectivity index (χ1n) is 9.71. The number of para-hydroxylation sites is 1. The van der Waals surface area contributed by atoms with E-state index in [1.807, 2.05) is 24.3 Å². The molecule has 162 valence electrons. The first kappa shape index (κ1) is 22.6. The second kappa shape index (κ2) is 10.3. The number of methoxy groups -OCH3 is 2. The number of rotatable bonds is 8. The highest BCUT2D eigenvalue weighted by Gasteiger charge is 2.22.